The van der Waals surface area contributed by atoms with Crippen LogP contribution in [0.1, 0.15) is 62.3 Å². The van der Waals surface area contributed by atoms with Crippen LogP contribution in [0.2, 0.25) is 21.5 Å². The molecule has 0 unspecified atom stereocenters. The first-order valence-corrected chi connectivity index (χ1v) is 13.7. The van der Waals surface area contributed by atoms with Crippen LogP contribution in [-0.2, 0) is 0 Å². The molecule has 0 aromatic heterocycles. The van der Waals surface area contributed by atoms with Crippen molar-refractivity contribution < 1.29 is 0 Å². The van der Waals surface area contributed by atoms with Crippen LogP contribution in [0.25, 0.3) is 0 Å². The maximum absolute atomic E-state index is 2.68. The van der Waals surface area contributed by atoms with E-state index in [1.807, 2.05) is 0 Å². The van der Waals surface area contributed by atoms with E-state index in [4.69, 9.17) is 0 Å². The zero-order chi connectivity index (χ0) is 14.1. The summed E-state index contributed by atoms with van der Waals surface area (Å²) in [5.74, 6) is 2.68. The van der Waals surface area contributed by atoms with Crippen LogP contribution in [0.3, 0.4) is 0 Å². The van der Waals surface area contributed by atoms with E-state index in [-0.39, 0.29) is 0 Å². The standard InChI is InChI=1S/C16H36Ge/c1-14(2,3)11-17(10,12-15(4,5)6)13-16(7,8)9/h11-13H2,1-10H3. The van der Waals surface area contributed by atoms with Gasteiger partial charge in [-0.1, -0.05) is 0 Å². The van der Waals surface area contributed by atoms with Crippen molar-refractivity contribution in [1.29, 1.82) is 0 Å². The van der Waals surface area contributed by atoms with Crippen LogP contribution >= 0.6 is 0 Å². The minimum atomic E-state index is -1.72. The molecule has 0 fully saturated rings. The van der Waals surface area contributed by atoms with Gasteiger partial charge in [0.1, 0.15) is 0 Å². The molecule has 17 heavy (non-hydrogen) atoms. The molecule has 0 radical (unpaired) electrons. The van der Waals surface area contributed by atoms with Crippen LogP contribution in [0.5, 0.6) is 0 Å². The fraction of sp³-hybridized carbons (Fsp3) is 1.00. The Morgan fingerprint density at radius 1 is 0.529 bits per heavy atom. The third kappa shape index (κ3) is 10.2. The molecular formula is C16H36Ge. The summed E-state index contributed by atoms with van der Waals surface area (Å²) >= 11 is -1.72. The second kappa shape index (κ2) is 5.27. The summed E-state index contributed by atoms with van der Waals surface area (Å²) in [5, 5.41) is 4.50. The summed E-state index contributed by atoms with van der Waals surface area (Å²) in [6, 6.07) is 0. The van der Waals surface area contributed by atoms with E-state index in [2.05, 4.69) is 68.1 Å². The van der Waals surface area contributed by atoms with E-state index in [9.17, 15) is 0 Å². The molecule has 0 aliphatic rings. The van der Waals surface area contributed by atoms with Crippen LogP contribution in [0.4, 0.5) is 0 Å². The molecule has 0 N–H and O–H groups in total. The Balaban J connectivity index is 4.95. The number of rotatable bonds is 3. The van der Waals surface area contributed by atoms with Crippen molar-refractivity contribution in [2.45, 2.75) is 83.8 Å². The van der Waals surface area contributed by atoms with Gasteiger partial charge in [0.15, 0.2) is 0 Å². The van der Waals surface area contributed by atoms with E-state index in [1.54, 1.807) is 0 Å². The van der Waals surface area contributed by atoms with E-state index < -0.39 is 13.3 Å². The van der Waals surface area contributed by atoms with Crippen molar-refractivity contribution in [2.24, 2.45) is 16.2 Å². The van der Waals surface area contributed by atoms with Gasteiger partial charge in [-0.25, -0.2) is 0 Å². The first-order chi connectivity index (χ1) is 7.12. The summed E-state index contributed by atoms with van der Waals surface area (Å²) in [7, 11) is 0. The van der Waals surface area contributed by atoms with Crippen LogP contribution < -0.4 is 0 Å². The molecule has 104 valence electrons. The van der Waals surface area contributed by atoms with Gasteiger partial charge in [0.2, 0.25) is 0 Å². The van der Waals surface area contributed by atoms with Gasteiger partial charge >= 0.3 is 113 Å². The Bertz CT molecular complexity index is 191. The van der Waals surface area contributed by atoms with Crippen molar-refractivity contribution in [1.82, 2.24) is 0 Å². The fourth-order valence-electron chi connectivity index (χ4n) is 4.03. The summed E-state index contributed by atoms with van der Waals surface area (Å²) in [4.78, 5) is 0. The van der Waals surface area contributed by atoms with Gasteiger partial charge in [-0.05, 0) is 0 Å². The van der Waals surface area contributed by atoms with Crippen molar-refractivity contribution in [3.8, 4) is 0 Å². The predicted octanol–water partition coefficient (Wildman–Crippen LogP) is 6.20. The molecule has 0 saturated heterocycles. The fourth-order valence-corrected chi connectivity index (χ4v) is 20.9. The molecule has 0 rings (SSSR count). The van der Waals surface area contributed by atoms with Gasteiger partial charge in [0.25, 0.3) is 0 Å². The van der Waals surface area contributed by atoms with Crippen molar-refractivity contribution in [3.05, 3.63) is 0 Å². The van der Waals surface area contributed by atoms with E-state index in [1.165, 1.54) is 15.8 Å². The van der Waals surface area contributed by atoms with E-state index in [0.29, 0.717) is 16.2 Å². The van der Waals surface area contributed by atoms with Gasteiger partial charge < -0.3 is 0 Å². The van der Waals surface area contributed by atoms with Crippen LogP contribution in [0, 0.1) is 16.2 Å². The molecule has 0 aliphatic heterocycles. The molecule has 0 atom stereocenters. The average Bonchev–Trinajstić information content (AvgIpc) is 1.65. The van der Waals surface area contributed by atoms with Crippen molar-refractivity contribution >= 4 is 13.3 Å². The predicted molar refractivity (Wildman–Crippen MR) is 84.4 cm³/mol. The SMILES string of the molecule is CC(C)(C)[CH2][Ge]([CH3])([CH2]C(C)(C)C)[CH2]C(C)(C)C. The number of hydrogen-bond donors (Lipinski definition) is 0. The summed E-state index contributed by atoms with van der Waals surface area (Å²) in [6.07, 6.45) is 0. The van der Waals surface area contributed by atoms with Crippen LogP contribution in [-0.4, -0.2) is 13.3 Å². The molecule has 0 aliphatic carbocycles. The van der Waals surface area contributed by atoms with Gasteiger partial charge in [0, 0.05) is 0 Å². The second-order valence-corrected chi connectivity index (χ2v) is 19.8. The summed E-state index contributed by atoms with van der Waals surface area (Å²) in [5.41, 5.74) is 1.52. The van der Waals surface area contributed by atoms with E-state index in [0.717, 1.165) is 0 Å². The maximum atomic E-state index is 2.68. The Kier molecular flexibility index (Phi) is 5.44. The molecule has 1 heteroatoms. The molecule has 0 aromatic carbocycles. The monoisotopic (exact) mass is 302 g/mol. The summed E-state index contributed by atoms with van der Waals surface area (Å²) < 4.78 is 0. The molecule has 0 spiro atoms. The molecule has 0 nitrogen and oxygen atoms in total. The zero-order valence-corrected chi connectivity index (χ0v) is 16.2. The Morgan fingerprint density at radius 3 is 0.824 bits per heavy atom. The average molecular weight is 301 g/mol. The van der Waals surface area contributed by atoms with Gasteiger partial charge in [0.05, 0.1) is 0 Å². The first-order valence-electron chi connectivity index (χ1n) is 7.12. The van der Waals surface area contributed by atoms with Gasteiger partial charge in [-0.3, -0.25) is 0 Å². The van der Waals surface area contributed by atoms with Crippen molar-refractivity contribution in [2.75, 3.05) is 0 Å². The quantitative estimate of drug-likeness (QED) is 0.544. The summed E-state index contributed by atoms with van der Waals surface area (Å²) in [6.45, 7) is 21.8. The zero-order valence-electron chi connectivity index (χ0n) is 14.1. The molecule has 0 heterocycles. The first kappa shape index (κ1) is 17.5. The Hall–Kier alpha value is 0.543. The second-order valence-electron chi connectivity index (χ2n) is 10.0. The van der Waals surface area contributed by atoms with Gasteiger partial charge in [-0.15, -0.1) is 0 Å². The third-order valence-corrected chi connectivity index (χ3v) is 14.9. The molecule has 0 amide bonds. The molecule has 0 bridgehead atoms. The normalized spacial score (nSPS) is 15.2. The topological polar surface area (TPSA) is 0 Å². The molecule has 0 aromatic rings. The molecule has 0 saturated carbocycles. The van der Waals surface area contributed by atoms with E-state index >= 15 is 0 Å². The minimum absolute atomic E-state index is 0.505. The Morgan fingerprint density at radius 2 is 0.706 bits per heavy atom. The Labute approximate surface area is 113 Å². The molecular weight excluding hydrogens is 265 g/mol. The third-order valence-electron chi connectivity index (χ3n) is 2.87. The van der Waals surface area contributed by atoms with Crippen LogP contribution in [0.15, 0.2) is 0 Å². The number of hydrogen-bond acceptors (Lipinski definition) is 0. The van der Waals surface area contributed by atoms with Gasteiger partial charge in [-0.2, -0.15) is 0 Å². The van der Waals surface area contributed by atoms with Crippen molar-refractivity contribution in [3.63, 3.8) is 0 Å².